The maximum absolute atomic E-state index is 12.4. The molecule has 0 spiro atoms. The zero-order valence-corrected chi connectivity index (χ0v) is 15.6. The summed E-state index contributed by atoms with van der Waals surface area (Å²) >= 11 is 5.84. The summed E-state index contributed by atoms with van der Waals surface area (Å²) in [6.45, 7) is -0.326. The first-order valence-corrected chi connectivity index (χ1v) is 10.1. The first-order chi connectivity index (χ1) is 12.3. The highest BCUT2D eigenvalue weighted by atomic mass is 35.5. The van der Waals surface area contributed by atoms with Gasteiger partial charge in [-0.2, -0.15) is 0 Å². The number of carbonyl (C=O) groups excluding carboxylic acids is 1. The minimum atomic E-state index is -3.62. The van der Waals surface area contributed by atoms with Crippen molar-refractivity contribution < 1.29 is 13.2 Å². The third-order valence-electron chi connectivity index (χ3n) is 3.84. The molecule has 0 saturated carbocycles. The molecular weight excluding hydrogens is 372 g/mol. The van der Waals surface area contributed by atoms with E-state index in [0.29, 0.717) is 16.4 Å². The number of fused-ring (bicyclic) bond motifs is 1. The molecule has 3 aromatic carbocycles. The summed E-state index contributed by atoms with van der Waals surface area (Å²) in [5, 5.41) is 5.28. The Bertz CT molecular complexity index is 1050. The fourth-order valence-electron chi connectivity index (χ4n) is 2.61. The number of amides is 1. The molecule has 0 aliphatic carbocycles. The van der Waals surface area contributed by atoms with Gasteiger partial charge in [-0.15, -0.1) is 0 Å². The van der Waals surface area contributed by atoms with Gasteiger partial charge in [0.25, 0.3) is 0 Å². The van der Waals surface area contributed by atoms with Gasteiger partial charge in [-0.25, -0.2) is 8.42 Å². The van der Waals surface area contributed by atoms with Crippen molar-refractivity contribution in [2.24, 2.45) is 0 Å². The second kappa shape index (κ2) is 7.35. The highest BCUT2D eigenvalue weighted by Gasteiger charge is 2.20. The van der Waals surface area contributed by atoms with Crippen LogP contribution in [-0.4, -0.2) is 27.1 Å². The summed E-state index contributed by atoms with van der Waals surface area (Å²) in [5.41, 5.74) is 0.990. The maximum Gasteiger partial charge on any atom is 0.245 e. The van der Waals surface area contributed by atoms with E-state index in [2.05, 4.69) is 5.32 Å². The highest BCUT2D eigenvalue weighted by Crippen LogP contribution is 2.21. The van der Waals surface area contributed by atoms with Crippen LogP contribution in [0.3, 0.4) is 0 Å². The molecule has 0 bridgehead atoms. The zero-order valence-electron chi connectivity index (χ0n) is 14.0. The Hall–Kier alpha value is -2.57. The van der Waals surface area contributed by atoms with Crippen molar-refractivity contribution in [3.05, 3.63) is 71.8 Å². The number of rotatable bonds is 5. The van der Waals surface area contributed by atoms with Crippen molar-refractivity contribution in [2.75, 3.05) is 22.4 Å². The van der Waals surface area contributed by atoms with Crippen LogP contribution in [0.2, 0.25) is 5.02 Å². The molecule has 1 amide bonds. The van der Waals surface area contributed by atoms with Gasteiger partial charge in [0.2, 0.25) is 15.9 Å². The molecule has 0 fully saturated rings. The average molecular weight is 389 g/mol. The molecule has 7 heteroatoms. The molecule has 3 aromatic rings. The number of nitrogens with zero attached hydrogens (tertiary/aromatic N) is 1. The molecule has 134 valence electrons. The number of sulfonamides is 1. The Morgan fingerprint density at radius 1 is 1.00 bits per heavy atom. The minimum absolute atomic E-state index is 0.326. The first-order valence-electron chi connectivity index (χ1n) is 7.85. The Labute approximate surface area is 157 Å². The predicted octanol–water partition coefficient (Wildman–Crippen LogP) is 3.90. The summed E-state index contributed by atoms with van der Waals surface area (Å²) in [6.07, 6.45) is 1.06. The van der Waals surface area contributed by atoms with Gasteiger partial charge in [-0.1, -0.05) is 41.9 Å². The van der Waals surface area contributed by atoms with Crippen molar-refractivity contribution >= 4 is 49.7 Å². The van der Waals surface area contributed by atoms with Crippen LogP contribution in [0.4, 0.5) is 11.4 Å². The standard InChI is InChI=1S/C19H17ClN2O3S/c1-26(24,25)22(18-10-7-16(20)8-11-18)13-19(23)21-17-9-6-14-4-2-3-5-15(14)12-17/h2-12H,13H2,1H3,(H,21,23). The number of hydrogen-bond acceptors (Lipinski definition) is 3. The number of anilines is 2. The summed E-state index contributed by atoms with van der Waals surface area (Å²) in [6, 6.07) is 19.6. The Morgan fingerprint density at radius 3 is 2.31 bits per heavy atom. The lowest BCUT2D eigenvalue weighted by atomic mass is 10.1. The minimum Gasteiger partial charge on any atom is -0.324 e. The van der Waals surface area contributed by atoms with Gasteiger partial charge >= 0.3 is 0 Å². The molecule has 0 aliphatic rings. The Morgan fingerprint density at radius 2 is 1.65 bits per heavy atom. The van der Waals surface area contributed by atoms with Crippen molar-refractivity contribution in [2.45, 2.75) is 0 Å². The SMILES string of the molecule is CS(=O)(=O)N(CC(=O)Nc1ccc2ccccc2c1)c1ccc(Cl)cc1. The Kier molecular flexibility index (Phi) is 5.15. The van der Waals surface area contributed by atoms with Gasteiger partial charge in [0, 0.05) is 10.7 Å². The van der Waals surface area contributed by atoms with Crippen molar-refractivity contribution in [3.8, 4) is 0 Å². The number of carbonyl (C=O) groups is 1. The molecule has 0 aliphatic heterocycles. The van der Waals surface area contributed by atoms with Gasteiger partial charge in [-0.05, 0) is 47.2 Å². The second-order valence-corrected chi connectivity index (χ2v) is 8.20. The summed E-state index contributed by atoms with van der Waals surface area (Å²) < 4.78 is 25.2. The molecule has 0 aromatic heterocycles. The van der Waals surface area contributed by atoms with Crippen LogP contribution < -0.4 is 9.62 Å². The van der Waals surface area contributed by atoms with Crippen LogP contribution >= 0.6 is 11.6 Å². The number of halogens is 1. The molecule has 0 radical (unpaired) electrons. The maximum atomic E-state index is 12.4. The van der Waals surface area contributed by atoms with E-state index in [1.54, 1.807) is 30.3 Å². The van der Waals surface area contributed by atoms with Crippen molar-refractivity contribution in [1.82, 2.24) is 0 Å². The Balaban J connectivity index is 1.80. The summed E-state index contributed by atoms with van der Waals surface area (Å²) in [7, 11) is -3.62. The summed E-state index contributed by atoms with van der Waals surface area (Å²) in [4.78, 5) is 12.4. The largest absolute Gasteiger partial charge is 0.324 e. The van der Waals surface area contributed by atoms with E-state index in [0.717, 1.165) is 21.3 Å². The van der Waals surface area contributed by atoms with Gasteiger partial charge in [0.05, 0.1) is 11.9 Å². The lowest BCUT2D eigenvalue weighted by Crippen LogP contribution is -2.37. The van der Waals surface area contributed by atoms with Gasteiger partial charge in [0.15, 0.2) is 0 Å². The predicted molar refractivity (Wildman–Crippen MR) is 106 cm³/mol. The lowest BCUT2D eigenvalue weighted by Gasteiger charge is -2.22. The van der Waals surface area contributed by atoms with Crippen LogP contribution in [0.1, 0.15) is 0 Å². The molecule has 1 N–H and O–H groups in total. The third-order valence-corrected chi connectivity index (χ3v) is 5.23. The molecule has 0 atom stereocenters. The molecule has 0 saturated heterocycles. The van der Waals surface area contributed by atoms with E-state index in [4.69, 9.17) is 11.6 Å². The van der Waals surface area contributed by atoms with Gasteiger partial charge < -0.3 is 5.32 Å². The van der Waals surface area contributed by atoms with Gasteiger partial charge in [-0.3, -0.25) is 9.10 Å². The van der Waals surface area contributed by atoms with E-state index in [9.17, 15) is 13.2 Å². The van der Waals surface area contributed by atoms with E-state index in [1.165, 1.54) is 0 Å². The van der Waals surface area contributed by atoms with E-state index in [1.807, 2.05) is 36.4 Å². The number of benzene rings is 3. The number of nitrogens with one attached hydrogen (secondary N) is 1. The van der Waals surface area contributed by atoms with Crippen LogP contribution in [0.5, 0.6) is 0 Å². The molecule has 3 rings (SSSR count). The zero-order chi connectivity index (χ0) is 18.7. The number of hydrogen-bond donors (Lipinski definition) is 1. The molecule has 0 unspecified atom stereocenters. The van der Waals surface area contributed by atoms with Crippen molar-refractivity contribution in [1.29, 1.82) is 0 Å². The molecule has 0 heterocycles. The fraction of sp³-hybridized carbons (Fsp3) is 0.105. The van der Waals surface area contributed by atoms with Crippen LogP contribution in [-0.2, 0) is 14.8 Å². The normalized spacial score (nSPS) is 11.3. The second-order valence-electron chi connectivity index (χ2n) is 5.86. The monoisotopic (exact) mass is 388 g/mol. The molecule has 5 nitrogen and oxygen atoms in total. The quantitative estimate of drug-likeness (QED) is 0.720. The highest BCUT2D eigenvalue weighted by molar-refractivity contribution is 7.92. The molecule has 26 heavy (non-hydrogen) atoms. The van der Waals surface area contributed by atoms with Crippen molar-refractivity contribution in [3.63, 3.8) is 0 Å². The average Bonchev–Trinajstić information content (AvgIpc) is 2.59. The van der Waals surface area contributed by atoms with Gasteiger partial charge in [0.1, 0.15) is 6.54 Å². The smallest absolute Gasteiger partial charge is 0.245 e. The third kappa shape index (κ3) is 4.33. The van der Waals surface area contributed by atoms with Crippen LogP contribution in [0, 0.1) is 0 Å². The van der Waals surface area contributed by atoms with E-state index in [-0.39, 0.29) is 6.54 Å². The molecular formula is C19H17ClN2O3S. The van der Waals surface area contributed by atoms with Crippen LogP contribution in [0.15, 0.2) is 66.7 Å². The lowest BCUT2D eigenvalue weighted by molar-refractivity contribution is -0.114. The summed E-state index contributed by atoms with van der Waals surface area (Å²) in [5.74, 6) is -0.430. The topological polar surface area (TPSA) is 66.5 Å². The van der Waals surface area contributed by atoms with E-state index >= 15 is 0 Å². The fourth-order valence-corrected chi connectivity index (χ4v) is 3.59. The van der Waals surface area contributed by atoms with E-state index < -0.39 is 15.9 Å². The first kappa shape index (κ1) is 18.2. The van der Waals surface area contributed by atoms with Crippen LogP contribution in [0.25, 0.3) is 10.8 Å².